The number of nitrogens with zero attached hydrogens (tertiary/aromatic N) is 1. The fourth-order valence-electron chi connectivity index (χ4n) is 0.596. The van der Waals surface area contributed by atoms with Crippen molar-refractivity contribution >= 4 is 17.9 Å². The van der Waals surface area contributed by atoms with Crippen molar-refractivity contribution in [1.29, 1.82) is 0 Å². The van der Waals surface area contributed by atoms with Crippen LogP contribution in [0.25, 0.3) is 0 Å². The van der Waals surface area contributed by atoms with Crippen LogP contribution in [0.15, 0.2) is 18.3 Å². The number of pyridine rings is 1. The van der Waals surface area contributed by atoms with Crippen LogP contribution < -0.4 is 0 Å². The highest BCUT2D eigenvalue weighted by atomic mass is 35.5. The van der Waals surface area contributed by atoms with E-state index in [9.17, 15) is 4.79 Å². The minimum atomic E-state index is 0.356. The third kappa shape index (κ3) is 1.54. The van der Waals surface area contributed by atoms with E-state index in [-0.39, 0.29) is 0 Å². The molecule has 51 valence electrons. The molecule has 0 saturated carbocycles. The number of carbonyl (C=O) groups is 1. The molecule has 0 spiro atoms. The van der Waals surface area contributed by atoms with Crippen molar-refractivity contribution in [1.82, 2.24) is 4.98 Å². The van der Waals surface area contributed by atoms with Gasteiger partial charge in [-0.3, -0.25) is 0 Å². The van der Waals surface area contributed by atoms with Crippen molar-refractivity contribution < 1.29 is 4.79 Å². The molecule has 1 aromatic heterocycles. The summed E-state index contributed by atoms with van der Waals surface area (Å²) in [6.45, 7) is 0. The fourth-order valence-corrected chi connectivity index (χ4v) is 0.778. The Morgan fingerprint density at radius 2 is 2.40 bits per heavy atom. The quantitative estimate of drug-likeness (QED) is 0.477. The van der Waals surface area contributed by atoms with Gasteiger partial charge < -0.3 is 4.79 Å². The Labute approximate surface area is 63.8 Å². The number of halogens is 1. The second kappa shape index (κ2) is 3.32. The predicted octanol–water partition coefficient (Wildman–Crippen LogP) is 1.49. The first-order valence-electron chi connectivity index (χ1n) is 2.73. The molecule has 1 radical (unpaired) electrons. The normalized spacial score (nSPS) is 9.30. The number of hydrogen-bond acceptors (Lipinski definition) is 2. The van der Waals surface area contributed by atoms with Gasteiger partial charge >= 0.3 is 0 Å². The summed E-state index contributed by atoms with van der Waals surface area (Å²) >= 11 is 5.60. The van der Waals surface area contributed by atoms with Crippen molar-refractivity contribution in [3.63, 3.8) is 0 Å². The lowest BCUT2D eigenvalue weighted by molar-refractivity contribution is -0.104. The van der Waals surface area contributed by atoms with Crippen molar-refractivity contribution in [2.24, 2.45) is 0 Å². The molecule has 2 nitrogen and oxygen atoms in total. The van der Waals surface area contributed by atoms with Crippen molar-refractivity contribution in [3.05, 3.63) is 35.5 Å². The molecule has 1 rings (SSSR count). The van der Waals surface area contributed by atoms with Crippen molar-refractivity contribution in [3.8, 4) is 0 Å². The molecule has 1 heterocycles. The molecule has 0 saturated heterocycles. The maximum absolute atomic E-state index is 9.98. The summed E-state index contributed by atoms with van der Waals surface area (Å²) in [5, 5.41) is 0.356. The highest BCUT2D eigenvalue weighted by Gasteiger charge is 1.97. The molecule has 3 heteroatoms. The number of aromatic nitrogens is 1. The number of carbonyl (C=O) groups excluding carboxylic acids is 1. The summed E-state index contributed by atoms with van der Waals surface area (Å²) in [6, 6.07) is 3.45. The Kier molecular flexibility index (Phi) is 2.40. The lowest BCUT2D eigenvalue weighted by atomic mass is 10.2. The van der Waals surface area contributed by atoms with E-state index in [1.807, 2.05) is 0 Å². The van der Waals surface area contributed by atoms with Crippen LogP contribution in [0.3, 0.4) is 0 Å². The van der Waals surface area contributed by atoms with Gasteiger partial charge in [0.2, 0.25) is 0 Å². The van der Waals surface area contributed by atoms with Gasteiger partial charge in [-0.25, -0.2) is 4.98 Å². The molecule has 10 heavy (non-hydrogen) atoms. The first kappa shape index (κ1) is 7.22. The molecular formula is C7H5ClNO. The molecule has 0 fully saturated rings. The lowest BCUT2D eigenvalue weighted by Crippen LogP contribution is -1.85. The third-order valence-electron chi connectivity index (χ3n) is 1.04. The zero-order valence-electron chi connectivity index (χ0n) is 5.12. The van der Waals surface area contributed by atoms with Gasteiger partial charge in [0.05, 0.1) is 6.42 Å². The van der Waals surface area contributed by atoms with Gasteiger partial charge in [-0.05, 0) is 6.07 Å². The summed E-state index contributed by atoms with van der Waals surface area (Å²) in [4.78, 5) is 13.8. The smallest absolute Gasteiger partial charge is 0.132 e. The number of aldehydes is 1. The highest BCUT2D eigenvalue weighted by Crippen LogP contribution is 2.11. The summed E-state index contributed by atoms with van der Waals surface area (Å²) in [6.07, 6.45) is 3.63. The standard InChI is InChI=1S/C7H5ClNO/c8-7-6(3-5-10)2-1-4-9-7/h1-5H. The molecule has 0 aliphatic rings. The van der Waals surface area contributed by atoms with Gasteiger partial charge in [-0.2, -0.15) is 0 Å². The zero-order valence-corrected chi connectivity index (χ0v) is 5.88. The SMILES string of the molecule is O=C[CH]c1cccnc1Cl. The van der Waals surface area contributed by atoms with E-state index in [0.717, 1.165) is 0 Å². The van der Waals surface area contributed by atoms with Crippen molar-refractivity contribution in [2.75, 3.05) is 0 Å². The van der Waals surface area contributed by atoms with Gasteiger partial charge in [0.1, 0.15) is 11.4 Å². The molecule has 0 unspecified atom stereocenters. The monoisotopic (exact) mass is 154 g/mol. The van der Waals surface area contributed by atoms with Gasteiger partial charge in [0, 0.05) is 11.8 Å². The molecule has 0 atom stereocenters. The van der Waals surface area contributed by atoms with Crippen LogP contribution in [0.4, 0.5) is 0 Å². The average molecular weight is 155 g/mol. The van der Waals surface area contributed by atoms with Crippen LogP contribution in [0, 0.1) is 6.42 Å². The fraction of sp³-hybridized carbons (Fsp3) is 0. The van der Waals surface area contributed by atoms with E-state index < -0.39 is 0 Å². The highest BCUT2D eigenvalue weighted by molar-refractivity contribution is 6.30. The Morgan fingerprint density at radius 3 is 3.00 bits per heavy atom. The van der Waals surface area contributed by atoms with Crippen LogP contribution in [-0.2, 0) is 4.79 Å². The maximum Gasteiger partial charge on any atom is 0.132 e. The molecule has 0 aliphatic carbocycles. The Morgan fingerprint density at radius 1 is 1.60 bits per heavy atom. The van der Waals surface area contributed by atoms with Crippen LogP contribution >= 0.6 is 11.6 Å². The van der Waals surface area contributed by atoms with E-state index in [4.69, 9.17) is 11.6 Å². The van der Waals surface area contributed by atoms with E-state index in [1.54, 1.807) is 18.3 Å². The third-order valence-corrected chi connectivity index (χ3v) is 1.35. The van der Waals surface area contributed by atoms with Crippen LogP contribution in [0.5, 0.6) is 0 Å². The molecule has 0 aliphatic heterocycles. The topological polar surface area (TPSA) is 30.0 Å². The zero-order chi connectivity index (χ0) is 7.40. The van der Waals surface area contributed by atoms with Crippen molar-refractivity contribution in [2.45, 2.75) is 0 Å². The molecular weight excluding hydrogens is 150 g/mol. The Bertz CT molecular complexity index is 237. The van der Waals surface area contributed by atoms with Crippen LogP contribution in [0.2, 0.25) is 5.15 Å². The largest absolute Gasteiger partial charge is 0.303 e. The first-order valence-corrected chi connectivity index (χ1v) is 3.11. The summed E-state index contributed by atoms with van der Waals surface area (Å²) in [5.41, 5.74) is 0.652. The predicted molar refractivity (Wildman–Crippen MR) is 38.7 cm³/mol. The Balaban J connectivity index is 2.91. The van der Waals surface area contributed by atoms with Gasteiger partial charge in [-0.1, -0.05) is 17.7 Å². The minimum Gasteiger partial charge on any atom is -0.303 e. The summed E-state index contributed by atoms with van der Waals surface area (Å²) in [5.74, 6) is 0. The van der Waals surface area contributed by atoms with E-state index in [0.29, 0.717) is 17.0 Å². The summed E-state index contributed by atoms with van der Waals surface area (Å²) < 4.78 is 0. The number of rotatable bonds is 2. The van der Waals surface area contributed by atoms with E-state index in [1.165, 1.54) is 6.42 Å². The van der Waals surface area contributed by atoms with Gasteiger partial charge in [-0.15, -0.1) is 0 Å². The van der Waals surface area contributed by atoms with E-state index >= 15 is 0 Å². The first-order chi connectivity index (χ1) is 4.84. The number of hydrogen-bond donors (Lipinski definition) is 0. The Hall–Kier alpha value is -0.890. The average Bonchev–Trinajstić information content (AvgIpc) is 1.94. The second-order valence-corrected chi connectivity index (χ2v) is 2.04. The molecule has 0 amide bonds. The maximum atomic E-state index is 9.98. The minimum absolute atomic E-state index is 0.356. The second-order valence-electron chi connectivity index (χ2n) is 1.69. The van der Waals surface area contributed by atoms with Gasteiger partial charge in [0.15, 0.2) is 0 Å². The molecule has 0 N–H and O–H groups in total. The summed E-state index contributed by atoms with van der Waals surface area (Å²) in [7, 11) is 0. The molecule has 0 bridgehead atoms. The molecule has 1 aromatic rings. The van der Waals surface area contributed by atoms with E-state index in [2.05, 4.69) is 4.98 Å². The van der Waals surface area contributed by atoms with Crippen LogP contribution in [-0.4, -0.2) is 11.3 Å². The lowest BCUT2D eigenvalue weighted by Gasteiger charge is -1.94. The van der Waals surface area contributed by atoms with Crippen LogP contribution in [0.1, 0.15) is 5.56 Å². The van der Waals surface area contributed by atoms with Gasteiger partial charge in [0.25, 0.3) is 0 Å². The molecule has 0 aromatic carbocycles.